The predicted molar refractivity (Wildman–Crippen MR) is 112 cm³/mol. The lowest BCUT2D eigenvalue weighted by atomic mass is 10.0. The van der Waals surface area contributed by atoms with E-state index in [1.807, 2.05) is 37.3 Å². The number of nitrogens with one attached hydrogen (secondary N) is 2. The highest BCUT2D eigenvalue weighted by Gasteiger charge is 2.24. The molecule has 0 aliphatic rings. The summed E-state index contributed by atoms with van der Waals surface area (Å²) >= 11 is 0. The number of benzene rings is 2. The van der Waals surface area contributed by atoms with E-state index in [1.54, 1.807) is 12.1 Å². The fourth-order valence-corrected chi connectivity index (χ4v) is 3.39. The van der Waals surface area contributed by atoms with E-state index in [1.165, 1.54) is 19.1 Å². The number of hydrogen-bond donors (Lipinski definition) is 2. The Balaban J connectivity index is 2.08. The van der Waals surface area contributed by atoms with Gasteiger partial charge >= 0.3 is 5.97 Å². The molecule has 0 unspecified atom stereocenters. The highest BCUT2D eigenvalue weighted by molar-refractivity contribution is 7.92. The van der Waals surface area contributed by atoms with Crippen molar-refractivity contribution >= 4 is 27.6 Å². The van der Waals surface area contributed by atoms with Gasteiger partial charge in [0.1, 0.15) is 0 Å². The van der Waals surface area contributed by atoms with Crippen molar-refractivity contribution in [1.29, 1.82) is 0 Å². The van der Waals surface area contributed by atoms with Gasteiger partial charge in [-0.2, -0.15) is 0 Å². The topological polar surface area (TPSA) is 102 Å². The van der Waals surface area contributed by atoms with Crippen molar-refractivity contribution in [2.75, 3.05) is 11.0 Å². The van der Waals surface area contributed by atoms with E-state index in [9.17, 15) is 18.0 Å². The maximum absolute atomic E-state index is 12.6. The van der Waals surface area contributed by atoms with E-state index in [-0.39, 0.29) is 17.3 Å². The molecule has 2 aromatic rings. The summed E-state index contributed by atoms with van der Waals surface area (Å²) in [6.45, 7) is 3.51. The minimum Gasteiger partial charge on any atom is -0.449 e. The van der Waals surface area contributed by atoms with Gasteiger partial charge in [-0.3, -0.25) is 9.52 Å². The molecule has 0 spiro atoms. The summed E-state index contributed by atoms with van der Waals surface area (Å²) in [6.07, 6.45) is 1.57. The van der Waals surface area contributed by atoms with Crippen molar-refractivity contribution < 1.29 is 22.7 Å². The Morgan fingerprint density at radius 3 is 2.28 bits per heavy atom. The molecule has 0 radical (unpaired) electrons. The Labute approximate surface area is 171 Å². The molecule has 0 fully saturated rings. The lowest BCUT2D eigenvalue weighted by molar-refractivity contribution is -0.129. The van der Waals surface area contributed by atoms with Crippen LogP contribution in [0.2, 0.25) is 0 Å². The monoisotopic (exact) mass is 418 g/mol. The fourth-order valence-electron chi connectivity index (χ4n) is 2.81. The minimum atomic E-state index is -3.57. The van der Waals surface area contributed by atoms with E-state index in [4.69, 9.17) is 4.74 Å². The average molecular weight is 419 g/mol. The first-order valence-corrected chi connectivity index (χ1v) is 11.2. The van der Waals surface area contributed by atoms with Gasteiger partial charge < -0.3 is 10.1 Å². The third kappa shape index (κ3) is 6.90. The van der Waals surface area contributed by atoms with E-state index < -0.39 is 28.0 Å². The second kappa shape index (κ2) is 10.1. The molecule has 0 aliphatic heterocycles. The third-order valence-corrected chi connectivity index (χ3v) is 4.78. The van der Waals surface area contributed by atoms with Crippen LogP contribution >= 0.6 is 0 Å². The van der Waals surface area contributed by atoms with Gasteiger partial charge in [0.15, 0.2) is 6.10 Å². The largest absolute Gasteiger partial charge is 0.449 e. The number of esters is 1. The molecule has 0 bridgehead atoms. The van der Waals surface area contributed by atoms with Crippen LogP contribution in [0.25, 0.3) is 0 Å². The number of hydrogen-bond acceptors (Lipinski definition) is 5. The highest BCUT2D eigenvalue weighted by atomic mass is 32.2. The summed E-state index contributed by atoms with van der Waals surface area (Å²) in [7, 11) is -3.57. The SMILES string of the molecule is CCC[C@H](NC(=O)[C@@H](C)OC(=O)c1ccccc1NS(C)(=O)=O)c1ccccc1. The molecule has 2 atom stereocenters. The van der Waals surface area contributed by atoms with Crippen molar-refractivity contribution in [3.8, 4) is 0 Å². The first kappa shape index (κ1) is 22.4. The van der Waals surface area contributed by atoms with Crippen molar-refractivity contribution in [3.63, 3.8) is 0 Å². The molecule has 0 saturated carbocycles. The Bertz CT molecular complexity index is 945. The van der Waals surface area contributed by atoms with Gasteiger partial charge in [-0.1, -0.05) is 55.8 Å². The predicted octanol–water partition coefficient (Wildman–Crippen LogP) is 3.26. The van der Waals surface area contributed by atoms with Crippen LogP contribution in [0.4, 0.5) is 5.69 Å². The molecule has 29 heavy (non-hydrogen) atoms. The summed E-state index contributed by atoms with van der Waals surface area (Å²) in [6, 6.07) is 15.5. The number of ether oxygens (including phenoxy) is 1. The van der Waals surface area contributed by atoms with Crippen LogP contribution in [0, 0.1) is 0 Å². The van der Waals surface area contributed by atoms with Crippen LogP contribution in [0.1, 0.15) is 48.7 Å². The molecule has 2 rings (SSSR count). The Morgan fingerprint density at radius 2 is 1.66 bits per heavy atom. The Morgan fingerprint density at radius 1 is 1.03 bits per heavy atom. The van der Waals surface area contributed by atoms with Gasteiger partial charge in [-0.05, 0) is 31.0 Å². The zero-order valence-electron chi connectivity index (χ0n) is 16.7. The summed E-state index contributed by atoms with van der Waals surface area (Å²) in [5.74, 6) is -1.21. The van der Waals surface area contributed by atoms with Crippen molar-refractivity contribution in [3.05, 3.63) is 65.7 Å². The van der Waals surface area contributed by atoms with E-state index in [0.717, 1.165) is 24.7 Å². The number of carbonyl (C=O) groups excluding carboxylic acids is 2. The van der Waals surface area contributed by atoms with E-state index in [0.29, 0.717) is 0 Å². The number of amides is 1. The number of sulfonamides is 1. The molecule has 0 saturated heterocycles. The second-order valence-electron chi connectivity index (χ2n) is 6.73. The molecular weight excluding hydrogens is 392 g/mol. The second-order valence-corrected chi connectivity index (χ2v) is 8.48. The smallest absolute Gasteiger partial charge is 0.341 e. The van der Waals surface area contributed by atoms with Crippen molar-refractivity contribution in [2.45, 2.75) is 38.8 Å². The van der Waals surface area contributed by atoms with Gasteiger partial charge in [0, 0.05) is 0 Å². The van der Waals surface area contributed by atoms with Gasteiger partial charge in [-0.25, -0.2) is 13.2 Å². The van der Waals surface area contributed by atoms with Crippen LogP contribution in [0.15, 0.2) is 54.6 Å². The maximum Gasteiger partial charge on any atom is 0.341 e. The normalized spacial score (nSPS) is 13.2. The number of rotatable bonds is 9. The van der Waals surface area contributed by atoms with Crippen LogP contribution in [-0.2, 0) is 19.6 Å². The standard InChI is InChI=1S/C21H26N2O5S/c1-4-10-18(16-11-6-5-7-12-16)22-20(24)15(2)28-21(25)17-13-8-9-14-19(17)23-29(3,26)27/h5-9,11-15,18,23H,4,10H2,1-3H3,(H,22,24)/t15-,18+/m1/s1. The number of anilines is 1. The lowest BCUT2D eigenvalue weighted by Crippen LogP contribution is -2.38. The zero-order valence-corrected chi connectivity index (χ0v) is 17.5. The Kier molecular flexibility index (Phi) is 7.78. The minimum absolute atomic E-state index is 0.0331. The van der Waals surface area contributed by atoms with Crippen molar-refractivity contribution in [1.82, 2.24) is 5.32 Å². The third-order valence-electron chi connectivity index (χ3n) is 4.19. The maximum atomic E-state index is 12.6. The van der Waals surface area contributed by atoms with Gasteiger partial charge in [-0.15, -0.1) is 0 Å². The van der Waals surface area contributed by atoms with Crippen molar-refractivity contribution in [2.24, 2.45) is 0 Å². The summed E-state index contributed by atoms with van der Waals surface area (Å²) in [4.78, 5) is 25.1. The number of para-hydroxylation sites is 1. The summed E-state index contributed by atoms with van der Waals surface area (Å²) < 4.78 is 30.5. The first-order chi connectivity index (χ1) is 13.7. The van der Waals surface area contributed by atoms with E-state index >= 15 is 0 Å². The van der Waals surface area contributed by atoms with Gasteiger partial charge in [0.25, 0.3) is 5.91 Å². The first-order valence-electron chi connectivity index (χ1n) is 9.34. The fraction of sp³-hybridized carbons (Fsp3) is 0.333. The zero-order chi connectivity index (χ0) is 21.4. The Hall–Kier alpha value is -2.87. The molecule has 7 nitrogen and oxygen atoms in total. The molecule has 156 valence electrons. The van der Waals surface area contributed by atoms with Crippen LogP contribution in [0.3, 0.4) is 0 Å². The molecule has 0 aliphatic carbocycles. The van der Waals surface area contributed by atoms with Gasteiger partial charge in [0.2, 0.25) is 10.0 Å². The van der Waals surface area contributed by atoms with Crippen LogP contribution in [0.5, 0.6) is 0 Å². The van der Waals surface area contributed by atoms with Gasteiger partial charge in [0.05, 0.1) is 23.5 Å². The molecule has 0 aromatic heterocycles. The highest BCUT2D eigenvalue weighted by Crippen LogP contribution is 2.20. The average Bonchev–Trinajstić information content (AvgIpc) is 2.67. The molecule has 2 N–H and O–H groups in total. The van der Waals surface area contributed by atoms with Crippen LogP contribution < -0.4 is 10.0 Å². The number of carbonyl (C=O) groups is 2. The molecular formula is C21H26N2O5S. The lowest BCUT2D eigenvalue weighted by Gasteiger charge is -2.21. The molecule has 0 heterocycles. The van der Waals surface area contributed by atoms with Crippen LogP contribution in [-0.4, -0.2) is 32.7 Å². The molecule has 2 aromatic carbocycles. The molecule has 8 heteroatoms. The summed E-state index contributed by atoms with van der Waals surface area (Å²) in [5, 5.41) is 2.92. The quantitative estimate of drug-likeness (QED) is 0.609. The van der Waals surface area contributed by atoms with E-state index in [2.05, 4.69) is 10.0 Å². The molecule has 1 amide bonds. The summed E-state index contributed by atoms with van der Waals surface area (Å²) in [5.41, 5.74) is 1.11.